The lowest BCUT2D eigenvalue weighted by Crippen LogP contribution is -2.40. The van der Waals surface area contributed by atoms with Gasteiger partial charge in [0.2, 0.25) is 0 Å². The molecule has 112 valence electrons. The molecule has 0 saturated heterocycles. The summed E-state index contributed by atoms with van der Waals surface area (Å²) in [6, 6.07) is 5.21. The van der Waals surface area contributed by atoms with Crippen molar-refractivity contribution in [2.75, 3.05) is 6.54 Å². The molecule has 0 aromatic heterocycles. The predicted molar refractivity (Wildman–Crippen MR) is 79.8 cm³/mol. The second kappa shape index (κ2) is 6.81. The number of nitro benzene ring substituents is 1. The molecular formula is C15H24N2O3. The van der Waals surface area contributed by atoms with Crippen LogP contribution < -0.4 is 5.32 Å². The number of nitro groups is 1. The van der Waals surface area contributed by atoms with Gasteiger partial charge in [-0.15, -0.1) is 0 Å². The Morgan fingerprint density at radius 1 is 1.40 bits per heavy atom. The lowest BCUT2D eigenvalue weighted by molar-refractivity contribution is -0.385. The van der Waals surface area contributed by atoms with Crippen molar-refractivity contribution >= 4 is 5.69 Å². The van der Waals surface area contributed by atoms with Gasteiger partial charge < -0.3 is 10.4 Å². The normalized spacial score (nSPS) is 13.2. The van der Waals surface area contributed by atoms with Crippen LogP contribution in [-0.4, -0.2) is 22.2 Å². The van der Waals surface area contributed by atoms with E-state index < -0.39 is 5.60 Å². The van der Waals surface area contributed by atoms with E-state index in [1.165, 1.54) is 0 Å². The Balaban J connectivity index is 2.80. The van der Waals surface area contributed by atoms with E-state index in [4.69, 9.17) is 0 Å². The van der Waals surface area contributed by atoms with E-state index in [0.29, 0.717) is 24.9 Å². The van der Waals surface area contributed by atoms with Crippen LogP contribution in [0, 0.1) is 17.0 Å². The van der Waals surface area contributed by atoms with Gasteiger partial charge in [0.15, 0.2) is 0 Å². The van der Waals surface area contributed by atoms with E-state index in [2.05, 4.69) is 5.32 Å². The summed E-state index contributed by atoms with van der Waals surface area (Å²) in [5.41, 5.74) is 0.934. The van der Waals surface area contributed by atoms with Crippen LogP contribution in [0.25, 0.3) is 0 Å². The summed E-state index contributed by atoms with van der Waals surface area (Å²) in [5.74, 6) is 0. The maximum atomic E-state index is 11.0. The molecule has 5 nitrogen and oxygen atoms in total. The molecule has 0 amide bonds. The molecule has 0 fully saturated rings. The maximum absolute atomic E-state index is 11.0. The van der Waals surface area contributed by atoms with Gasteiger partial charge >= 0.3 is 0 Å². The number of hydrogen-bond acceptors (Lipinski definition) is 4. The maximum Gasteiger partial charge on any atom is 0.272 e. The molecule has 0 aliphatic rings. The summed E-state index contributed by atoms with van der Waals surface area (Å²) in [6.45, 7) is 8.05. The first-order chi connectivity index (χ1) is 9.33. The van der Waals surface area contributed by atoms with Gasteiger partial charge in [-0.3, -0.25) is 10.1 Å². The Kier molecular flexibility index (Phi) is 5.65. The van der Waals surface area contributed by atoms with E-state index in [1.54, 1.807) is 19.1 Å². The zero-order valence-corrected chi connectivity index (χ0v) is 12.6. The molecule has 2 N–H and O–H groups in total. The van der Waals surface area contributed by atoms with Gasteiger partial charge in [-0.1, -0.05) is 26.0 Å². The number of aryl methyl sites for hydroxylation is 1. The van der Waals surface area contributed by atoms with Crippen LogP contribution in [0.2, 0.25) is 0 Å². The van der Waals surface area contributed by atoms with Gasteiger partial charge in [-0.2, -0.15) is 0 Å². The number of benzene rings is 1. The van der Waals surface area contributed by atoms with Crippen LogP contribution in [0.3, 0.4) is 0 Å². The van der Waals surface area contributed by atoms with Crippen LogP contribution in [-0.2, 0) is 0 Å². The van der Waals surface area contributed by atoms with Crippen molar-refractivity contribution < 1.29 is 10.0 Å². The minimum Gasteiger partial charge on any atom is -0.389 e. The van der Waals surface area contributed by atoms with E-state index in [9.17, 15) is 15.2 Å². The van der Waals surface area contributed by atoms with E-state index in [-0.39, 0.29) is 16.7 Å². The molecule has 5 heteroatoms. The number of hydrogen-bond donors (Lipinski definition) is 2. The molecule has 0 radical (unpaired) electrons. The summed E-state index contributed by atoms with van der Waals surface area (Å²) < 4.78 is 0. The number of aliphatic hydroxyl groups is 1. The van der Waals surface area contributed by atoms with Crippen molar-refractivity contribution in [2.45, 2.75) is 52.2 Å². The van der Waals surface area contributed by atoms with E-state index in [0.717, 1.165) is 5.56 Å². The molecular weight excluding hydrogens is 256 g/mol. The number of nitrogens with one attached hydrogen (secondary N) is 1. The predicted octanol–water partition coefficient (Wildman–Crippen LogP) is 3.10. The van der Waals surface area contributed by atoms with Gasteiger partial charge in [0, 0.05) is 24.2 Å². The fourth-order valence-electron chi connectivity index (χ4n) is 2.05. The van der Waals surface area contributed by atoms with Gasteiger partial charge in [0.25, 0.3) is 5.69 Å². The fourth-order valence-corrected chi connectivity index (χ4v) is 2.05. The highest BCUT2D eigenvalue weighted by atomic mass is 16.6. The highest BCUT2D eigenvalue weighted by Gasteiger charge is 2.23. The third-order valence-electron chi connectivity index (χ3n) is 3.98. The fraction of sp³-hybridized carbons (Fsp3) is 0.600. The van der Waals surface area contributed by atoms with Gasteiger partial charge in [0.05, 0.1) is 10.5 Å². The molecule has 1 rings (SSSR count). The Morgan fingerprint density at radius 2 is 2.00 bits per heavy atom. The lowest BCUT2D eigenvalue weighted by atomic mass is 9.96. The second-order valence-electron chi connectivity index (χ2n) is 5.34. The molecule has 0 heterocycles. The van der Waals surface area contributed by atoms with Crippen molar-refractivity contribution in [3.63, 3.8) is 0 Å². The first-order valence-electron chi connectivity index (χ1n) is 7.03. The van der Waals surface area contributed by atoms with Crippen LogP contribution in [0.4, 0.5) is 5.69 Å². The largest absolute Gasteiger partial charge is 0.389 e. The summed E-state index contributed by atoms with van der Waals surface area (Å²) in [4.78, 5) is 10.6. The Hall–Kier alpha value is -1.46. The standard InChI is InChI=1S/C15H24N2O3/c1-5-15(18,6-2)10-16-12(4)13-8-7-11(3)14(9-13)17(19)20/h7-9,12,16,18H,5-6,10H2,1-4H3. The molecule has 0 bridgehead atoms. The molecule has 1 aromatic carbocycles. The Morgan fingerprint density at radius 3 is 2.50 bits per heavy atom. The highest BCUT2D eigenvalue weighted by molar-refractivity contribution is 5.43. The Labute approximate surface area is 120 Å². The minimum absolute atomic E-state index is 0.0427. The van der Waals surface area contributed by atoms with E-state index >= 15 is 0 Å². The third kappa shape index (κ3) is 4.02. The van der Waals surface area contributed by atoms with Crippen LogP contribution in [0.15, 0.2) is 18.2 Å². The van der Waals surface area contributed by atoms with Crippen molar-refractivity contribution in [1.82, 2.24) is 5.32 Å². The minimum atomic E-state index is -0.717. The average molecular weight is 280 g/mol. The second-order valence-corrected chi connectivity index (χ2v) is 5.34. The molecule has 1 atom stereocenters. The summed E-state index contributed by atoms with van der Waals surface area (Å²) in [7, 11) is 0. The van der Waals surface area contributed by atoms with Gasteiger partial charge in [-0.25, -0.2) is 0 Å². The molecule has 1 aromatic rings. The summed E-state index contributed by atoms with van der Waals surface area (Å²) in [6.07, 6.45) is 1.36. The first-order valence-corrected chi connectivity index (χ1v) is 7.03. The molecule has 20 heavy (non-hydrogen) atoms. The first kappa shape index (κ1) is 16.6. The molecule has 0 spiro atoms. The average Bonchev–Trinajstić information content (AvgIpc) is 2.44. The van der Waals surface area contributed by atoms with Crippen LogP contribution in [0.1, 0.15) is 50.8 Å². The number of rotatable bonds is 7. The lowest BCUT2D eigenvalue weighted by Gasteiger charge is -2.27. The summed E-state index contributed by atoms with van der Waals surface area (Å²) >= 11 is 0. The summed E-state index contributed by atoms with van der Waals surface area (Å²) in [5, 5.41) is 24.4. The highest BCUT2D eigenvalue weighted by Crippen LogP contribution is 2.24. The van der Waals surface area contributed by atoms with Crippen LogP contribution >= 0.6 is 0 Å². The van der Waals surface area contributed by atoms with Crippen molar-refractivity contribution in [1.29, 1.82) is 0 Å². The molecule has 0 saturated carbocycles. The third-order valence-corrected chi connectivity index (χ3v) is 3.98. The smallest absolute Gasteiger partial charge is 0.272 e. The van der Waals surface area contributed by atoms with Gasteiger partial charge in [-0.05, 0) is 32.3 Å². The molecule has 0 aliphatic carbocycles. The Bertz CT molecular complexity index is 470. The quantitative estimate of drug-likeness (QED) is 0.594. The zero-order valence-electron chi connectivity index (χ0n) is 12.6. The molecule has 0 aliphatic heterocycles. The van der Waals surface area contributed by atoms with Crippen molar-refractivity contribution in [3.8, 4) is 0 Å². The molecule has 1 unspecified atom stereocenters. The van der Waals surface area contributed by atoms with E-state index in [1.807, 2.05) is 26.8 Å². The van der Waals surface area contributed by atoms with Crippen molar-refractivity contribution in [2.24, 2.45) is 0 Å². The van der Waals surface area contributed by atoms with Gasteiger partial charge in [0.1, 0.15) is 0 Å². The van der Waals surface area contributed by atoms with Crippen LogP contribution in [0.5, 0.6) is 0 Å². The number of nitrogens with zero attached hydrogens (tertiary/aromatic N) is 1. The van der Waals surface area contributed by atoms with Crippen molar-refractivity contribution in [3.05, 3.63) is 39.4 Å². The zero-order chi connectivity index (χ0) is 15.3. The SMILES string of the molecule is CCC(O)(CC)CNC(C)c1ccc(C)c([N+](=O)[O-])c1. The topological polar surface area (TPSA) is 75.4 Å². The monoisotopic (exact) mass is 280 g/mol.